The molecule has 1 saturated heterocycles. The molecule has 1 heterocycles. The summed E-state index contributed by atoms with van der Waals surface area (Å²) < 4.78 is 12.3. The molecule has 10 atom stereocenters. The van der Waals surface area contributed by atoms with Gasteiger partial charge in [0.2, 0.25) is 0 Å². The number of ether oxygens (including phenoxy) is 2. The van der Waals surface area contributed by atoms with Gasteiger partial charge in [-0.15, -0.1) is 0 Å². The van der Waals surface area contributed by atoms with Gasteiger partial charge in [0.1, 0.15) is 6.10 Å². The van der Waals surface area contributed by atoms with E-state index in [2.05, 4.69) is 33.8 Å². The molecule has 4 nitrogen and oxygen atoms in total. The fourth-order valence-electron chi connectivity index (χ4n) is 9.47. The molecule has 4 heteroatoms. The Morgan fingerprint density at radius 2 is 1.86 bits per heavy atom. The minimum atomic E-state index is -1.09. The van der Waals surface area contributed by atoms with Gasteiger partial charge in [-0.3, -0.25) is 0 Å². The maximum atomic E-state index is 11.7. The van der Waals surface area contributed by atoms with E-state index in [1.165, 1.54) is 44.9 Å². The molecule has 2 N–H and O–H groups in total. The van der Waals surface area contributed by atoms with Crippen molar-refractivity contribution in [1.29, 1.82) is 0 Å². The minimum absolute atomic E-state index is 0.00869. The van der Waals surface area contributed by atoms with Crippen molar-refractivity contribution in [3.63, 3.8) is 0 Å². The van der Waals surface area contributed by atoms with Crippen LogP contribution in [-0.4, -0.2) is 40.9 Å². The van der Waals surface area contributed by atoms with Crippen molar-refractivity contribution in [2.45, 2.75) is 129 Å². The van der Waals surface area contributed by atoms with Crippen LogP contribution in [-0.2, 0) is 9.47 Å². The number of hydrogen-bond donors (Lipinski definition) is 2. The molecule has 0 radical (unpaired) electrons. The van der Waals surface area contributed by atoms with E-state index in [1.54, 1.807) is 5.57 Å². The lowest BCUT2D eigenvalue weighted by molar-refractivity contribution is -0.195. The summed E-state index contributed by atoms with van der Waals surface area (Å²) in [5, 5.41) is 22.7. The summed E-state index contributed by atoms with van der Waals surface area (Å²) in [4.78, 5) is 0. The highest BCUT2D eigenvalue weighted by molar-refractivity contribution is 5.26. The summed E-state index contributed by atoms with van der Waals surface area (Å²) in [6, 6.07) is 0. The quantitative estimate of drug-likeness (QED) is 0.394. The molecule has 0 aromatic heterocycles. The Labute approximate surface area is 219 Å². The van der Waals surface area contributed by atoms with Gasteiger partial charge in [-0.25, -0.2) is 0 Å². The van der Waals surface area contributed by atoms with Crippen molar-refractivity contribution in [2.75, 3.05) is 6.61 Å². The minimum Gasteiger partial charge on any atom is -0.387 e. The van der Waals surface area contributed by atoms with Gasteiger partial charge >= 0.3 is 0 Å². The second-order valence-electron chi connectivity index (χ2n) is 14.0. The van der Waals surface area contributed by atoms with Gasteiger partial charge < -0.3 is 19.7 Å². The van der Waals surface area contributed by atoms with Crippen molar-refractivity contribution >= 4 is 0 Å². The Hall–Kier alpha value is -0.680. The lowest BCUT2D eigenvalue weighted by Gasteiger charge is -2.59. The van der Waals surface area contributed by atoms with Crippen LogP contribution in [0.25, 0.3) is 0 Å². The van der Waals surface area contributed by atoms with E-state index in [-0.39, 0.29) is 23.0 Å². The van der Waals surface area contributed by atoms with E-state index in [0.717, 1.165) is 38.2 Å². The average Bonchev–Trinajstić information content (AvgIpc) is 3.21. The Morgan fingerprint density at radius 1 is 1.06 bits per heavy atom. The van der Waals surface area contributed by atoms with Crippen LogP contribution in [0.15, 0.2) is 23.8 Å². The Kier molecular flexibility index (Phi) is 7.57. The molecule has 5 aliphatic rings. The predicted octanol–water partition coefficient (Wildman–Crippen LogP) is 6.80. The molecule has 0 bridgehead atoms. The zero-order chi connectivity index (χ0) is 25.7. The highest BCUT2D eigenvalue weighted by Gasteiger charge is 2.62. The molecule has 1 unspecified atom stereocenters. The predicted molar refractivity (Wildman–Crippen MR) is 144 cm³/mol. The number of hydrogen-bond acceptors (Lipinski definition) is 4. The van der Waals surface area contributed by atoms with Gasteiger partial charge in [-0.1, -0.05) is 51.5 Å². The lowest BCUT2D eigenvalue weighted by atomic mass is 9.46. The summed E-state index contributed by atoms with van der Waals surface area (Å²) in [6.07, 6.45) is 18.6. The normalized spacial score (nSPS) is 45.5. The number of rotatable bonds is 6. The van der Waals surface area contributed by atoms with E-state index >= 15 is 0 Å². The second-order valence-corrected chi connectivity index (χ2v) is 14.0. The first-order valence-corrected chi connectivity index (χ1v) is 15.1. The molecule has 0 aromatic carbocycles. The highest BCUT2D eigenvalue weighted by atomic mass is 16.7. The fraction of sp³-hybridized carbons (Fsp3) is 0.875. The van der Waals surface area contributed by atoms with Gasteiger partial charge in [-0.2, -0.15) is 0 Å². The Morgan fingerprint density at radius 3 is 2.58 bits per heavy atom. The lowest BCUT2D eigenvalue weighted by Crippen LogP contribution is -2.55. The van der Waals surface area contributed by atoms with E-state index in [9.17, 15) is 10.2 Å². The highest BCUT2D eigenvalue weighted by Crippen LogP contribution is 2.67. The van der Waals surface area contributed by atoms with Crippen LogP contribution >= 0.6 is 0 Å². The molecule has 5 rings (SSSR count). The standard InChI is InChI=1S/C32H52O4/c1-21(2)9-14-28(33)32(5,34)27-13-12-25-24-11-10-22-20-23(36-29-8-6-7-19-35-29)15-17-30(22,3)26(24)16-18-31(25,27)4/h9-10,14,21,23-29,33-34H,6-8,11-13,15-20H2,1-5H3/b14-9+/t23-,24-,25-,26-,27-,28+,29?,30-,31-,32+/m0/s1. The molecule has 3 saturated carbocycles. The van der Waals surface area contributed by atoms with Crippen molar-refractivity contribution in [2.24, 2.45) is 40.4 Å². The first kappa shape index (κ1) is 26.9. The molecular weight excluding hydrogens is 448 g/mol. The van der Waals surface area contributed by atoms with Crippen molar-refractivity contribution in [1.82, 2.24) is 0 Å². The molecule has 4 fully saturated rings. The summed E-state index contributed by atoms with van der Waals surface area (Å²) >= 11 is 0. The molecule has 36 heavy (non-hydrogen) atoms. The molecular formula is C32H52O4. The zero-order valence-electron chi connectivity index (χ0n) is 23.5. The molecule has 0 amide bonds. The zero-order valence-corrected chi connectivity index (χ0v) is 23.5. The van der Waals surface area contributed by atoms with Gasteiger partial charge in [0.15, 0.2) is 6.29 Å². The van der Waals surface area contributed by atoms with Crippen molar-refractivity contribution < 1.29 is 19.7 Å². The van der Waals surface area contributed by atoms with E-state index in [1.807, 2.05) is 19.1 Å². The molecule has 204 valence electrons. The van der Waals surface area contributed by atoms with Gasteiger partial charge in [0.25, 0.3) is 0 Å². The van der Waals surface area contributed by atoms with Crippen LogP contribution in [0.4, 0.5) is 0 Å². The topological polar surface area (TPSA) is 58.9 Å². The van der Waals surface area contributed by atoms with E-state index < -0.39 is 11.7 Å². The van der Waals surface area contributed by atoms with Crippen LogP contribution in [0.3, 0.4) is 0 Å². The summed E-state index contributed by atoms with van der Waals surface area (Å²) in [6.45, 7) is 12.0. The third-order valence-electron chi connectivity index (χ3n) is 11.5. The number of fused-ring (bicyclic) bond motifs is 5. The molecule has 0 aromatic rings. The SMILES string of the molecule is CC(C)/C=C/[C@@H](O)[C@](C)(O)[C@H]1CC[C@H]2[C@@H]3CC=C4C[C@@H](OC5CCCCO5)CC[C@]4(C)[C@H]3CC[C@]12C. The maximum absolute atomic E-state index is 11.7. The maximum Gasteiger partial charge on any atom is 0.157 e. The third-order valence-corrected chi connectivity index (χ3v) is 11.5. The summed E-state index contributed by atoms with van der Waals surface area (Å²) in [5.41, 5.74) is 0.947. The van der Waals surface area contributed by atoms with Crippen LogP contribution in [0.1, 0.15) is 105 Å². The van der Waals surface area contributed by atoms with Crippen molar-refractivity contribution in [3.8, 4) is 0 Å². The second kappa shape index (κ2) is 10.1. The summed E-state index contributed by atoms with van der Waals surface area (Å²) in [7, 11) is 0. The smallest absolute Gasteiger partial charge is 0.157 e. The van der Waals surface area contributed by atoms with Crippen LogP contribution in [0.2, 0.25) is 0 Å². The fourth-order valence-corrected chi connectivity index (χ4v) is 9.47. The number of aliphatic hydroxyl groups is 2. The molecule has 4 aliphatic carbocycles. The van der Waals surface area contributed by atoms with Crippen molar-refractivity contribution in [3.05, 3.63) is 23.8 Å². The van der Waals surface area contributed by atoms with Gasteiger partial charge in [0.05, 0.1) is 11.7 Å². The molecule has 1 aliphatic heterocycles. The molecule has 0 spiro atoms. The number of aliphatic hydroxyl groups excluding tert-OH is 1. The first-order valence-electron chi connectivity index (χ1n) is 15.1. The van der Waals surface area contributed by atoms with Crippen LogP contribution in [0, 0.1) is 40.4 Å². The first-order chi connectivity index (χ1) is 17.1. The monoisotopic (exact) mass is 500 g/mol. The van der Waals surface area contributed by atoms with Crippen LogP contribution < -0.4 is 0 Å². The number of allylic oxidation sites excluding steroid dienone is 2. The van der Waals surface area contributed by atoms with Gasteiger partial charge in [-0.05, 0) is 118 Å². The van der Waals surface area contributed by atoms with E-state index in [4.69, 9.17) is 9.47 Å². The average molecular weight is 501 g/mol. The van der Waals surface area contributed by atoms with E-state index in [0.29, 0.717) is 23.9 Å². The Balaban J connectivity index is 1.30. The van der Waals surface area contributed by atoms with Crippen LogP contribution in [0.5, 0.6) is 0 Å². The largest absolute Gasteiger partial charge is 0.387 e. The van der Waals surface area contributed by atoms with Gasteiger partial charge in [0, 0.05) is 6.61 Å². The Bertz CT molecular complexity index is 839. The summed E-state index contributed by atoms with van der Waals surface area (Å²) in [5.74, 6) is 2.57. The third kappa shape index (κ3) is 4.67.